The number of ether oxygens (including phenoxy) is 2. The lowest BCUT2D eigenvalue weighted by Gasteiger charge is -2.15. The first kappa shape index (κ1) is 14.5. The molecule has 18 heavy (non-hydrogen) atoms. The van der Waals surface area contributed by atoms with Crippen molar-refractivity contribution in [1.29, 1.82) is 0 Å². The predicted molar refractivity (Wildman–Crippen MR) is 71.3 cm³/mol. The molecule has 0 fully saturated rings. The summed E-state index contributed by atoms with van der Waals surface area (Å²) >= 11 is 0. The van der Waals surface area contributed by atoms with Gasteiger partial charge in [-0.25, -0.2) is 0 Å². The van der Waals surface area contributed by atoms with E-state index in [0.29, 0.717) is 23.6 Å². The lowest BCUT2D eigenvalue weighted by molar-refractivity contribution is 0.0917. The Morgan fingerprint density at radius 3 is 2.28 bits per heavy atom. The van der Waals surface area contributed by atoms with Gasteiger partial charge < -0.3 is 15.2 Å². The molecular formula is C14H21NO3. The molecule has 0 saturated heterocycles. The average molecular weight is 251 g/mol. The zero-order valence-corrected chi connectivity index (χ0v) is 11.2. The van der Waals surface area contributed by atoms with Crippen LogP contribution in [-0.4, -0.2) is 26.5 Å². The van der Waals surface area contributed by atoms with E-state index in [1.807, 2.05) is 6.92 Å². The Kier molecular flexibility index (Phi) is 5.65. The van der Waals surface area contributed by atoms with Crippen LogP contribution in [0.5, 0.6) is 11.5 Å². The third-order valence-electron chi connectivity index (χ3n) is 2.96. The molecular weight excluding hydrogens is 230 g/mol. The van der Waals surface area contributed by atoms with Crippen molar-refractivity contribution >= 4 is 5.78 Å². The summed E-state index contributed by atoms with van der Waals surface area (Å²) in [5, 5.41) is 0. The summed E-state index contributed by atoms with van der Waals surface area (Å²) in [5.74, 6) is 1.06. The normalized spacial score (nSPS) is 12.0. The van der Waals surface area contributed by atoms with E-state index in [-0.39, 0.29) is 11.7 Å². The molecule has 0 radical (unpaired) electrons. The van der Waals surface area contributed by atoms with Gasteiger partial charge in [-0.15, -0.1) is 0 Å². The standard InChI is InChI=1S/C14H21NO3/c1-10(6-5-9-15)14(16)13-11(17-2)7-4-8-12(13)18-3/h4,7-8,10H,5-6,9,15H2,1-3H3. The van der Waals surface area contributed by atoms with Crippen LogP contribution in [0, 0.1) is 5.92 Å². The zero-order valence-electron chi connectivity index (χ0n) is 11.2. The molecule has 0 aliphatic heterocycles. The first-order valence-corrected chi connectivity index (χ1v) is 6.11. The molecule has 0 aromatic heterocycles. The van der Waals surface area contributed by atoms with Crippen molar-refractivity contribution in [3.63, 3.8) is 0 Å². The van der Waals surface area contributed by atoms with Crippen LogP contribution in [0.25, 0.3) is 0 Å². The summed E-state index contributed by atoms with van der Waals surface area (Å²) in [4.78, 5) is 12.4. The minimum atomic E-state index is -0.0845. The van der Waals surface area contributed by atoms with E-state index < -0.39 is 0 Å². The number of methoxy groups -OCH3 is 2. The Labute approximate surface area is 108 Å². The number of ketones is 1. The molecule has 1 atom stereocenters. The molecule has 0 aliphatic carbocycles. The number of nitrogens with two attached hydrogens (primary N) is 1. The first-order valence-electron chi connectivity index (χ1n) is 6.11. The summed E-state index contributed by atoms with van der Waals surface area (Å²) in [6, 6.07) is 5.34. The molecule has 0 bridgehead atoms. The second kappa shape index (κ2) is 7.01. The van der Waals surface area contributed by atoms with Gasteiger partial charge in [0.1, 0.15) is 17.1 Å². The number of rotatable bonds is 7. The Hall–Kier alpha value is -1.55. The number of hydrogen-bond acceptors (Lipinski definition) is 4. The highest BCUT2D eigenvalue weighted by atomic mass is 16.5. The van der Waals surface area contributed by atoms with Crippen LogP contribution in [0.3, 0.4) is 0 Å². The SMILES string of the molecule is COc1cccc(OC)c1C(=O)C(C)CCCN. The molecule has 0 spiro atoms. The van der Waals surface area contributed by atoms with Crippen molar-refractivity contribution in [3.8, 4) is 11.5 Å². The lowest BCUT2D eigenvalue weighted by atomic mass is 9.94. The lowest BCUT2D eigenvalue weighted by Crippen LogP contribution is -2.15. The second-order valence-corrected chi connectivity index (χ2v) is 4.23. The van der Waals surface area contributed by atoms with Gasteiger partial charge in [-0.05, 0) is 31.5 Å². The number of hydrogen-bond donors (Lipinski definition) is 1. The van der Waals surface area contributed by atoms with E-state index in [1.54, 1.807) is 32.4 Å². The van der Waals surface area contributed by atoms with Gasteiger partial charge in [0.15, 0.2) is 5.78 Å². The summed E-state index contributed by atoms with van der Waals surface area (Å²) < 4.78 is 10.5. The van der Waals surface area contributed by atoms with E-state index in [2.05, 4.69) is 0 Å². The van der Waals surface area contributed by atoms with Crippen molar-refractivity contribution in [2.75, 3.05) is 20.8 Å². The molecule has 1 aromatic carbocycles. The van der Waals surface area contributed by atoms with Crippen LogP contribution in [0.4, 0.5) is 0 Å². The number of carbonyl (C=O) groups excluding carboxylic acids is 1. The summed E-state index contributed by atoms with van der Waals surface area (Å²) in [7, 11) is 3.10. The number of carbonyl (C=O) groups is 1. The predicted octanol–water partition coefficient (Wildman–Crippen LogP) is 2.26. The maximum atomic E-state index is 12.4. The highest BCUT2D eigenvalue weighted by molar-refractivity contribution is 6.02. The molecule has 100 valence electrons. The molecule has 4 nitrogen and oxygen atoms in total. The molecule has 1 aromatic rings. The Balaban J connectivity index is 3.02. The monoisotopic (exact) mass is 251 g/mol. The Bertz CT molecular complexity index is 382. The van der Waals surface area contributed by atoms with Crippen molar-refractivity contribution < 1.29 is 14.3 Å². The van der Waals surface area contributed by atoms with Crippen LogP contribution >= 0.6 is 0 Å². The highest BCUT2D eigenvalue weighted by Crippen LogP contribution is 2.31. The number of Topliss-reactive ketones (excluding diaryl/α,β-unsaturated/α-hetero) is 1. The third kappa shape index (κ3) is 3.23. The van der Waals surface area contributed by atoms with E-state index in [4.69, 9.17) is 15.2 Å². The van der Waals surface area contributed by atoms with E-state index >= 15 is 0 Å². The van der Waals surface area contributed by atoms with E-state index in [9.17, 15) is 4.79 Å². The number of benzene rings is 1. The van der Waals surface area contributed by atoms with Gasteiger partial charge in [0, 0.05) is 5.92 Å². The van der Waals surface area contributed by atoms with Gasteiger partial charge >= 0.3 is 0 Å². The van der Waals surface area contributed by atoms with Crippen molar-refractivity contribution in [2.24, 2.45) is 11.7 Å². The fourth-order valence-electron chi connectivity index (χ4n) is 1.90. The van der Waals surface area contributed by atoms with Crippen molar-refractivity contribution in [1.82, 2.24) is 0 Å². The smallest absolute Gasteiger partial charge is 0.173 e. The van der Waals surface area contributed by atoms with Crippen LogP contribution in [0.15, 0.2) is 18.2 Å². The van der Waals surface area contributed by atoms with Crippen molar-refractivity contribution in [2.45, 2.75) is 19.8 Å². The molecule has 0 amide bonds. The molecule has 1 unspecified atom stereocenters. The van der Waals surface area contributed by atoms with Gasteiger partial charge in [-0.3, -0.25) is 4.79 Å². The van der Waals surface area contributed by atoms with Gasteiger partial charge in [0.25, 0.3) is 0 Å². The molecule has 1 rings (SSSR count). The summed E-state index contributed by atoms with van der Waals surface area (Å²) in [6.07, 6.45) is 1.61. The zero-order chi connectivity index (χ0) is 13.5. The fourth-order valence-corrected chi connectivity index (χ4v) is 1.90. The quantitative estimate of drug-likeness (QED) is 0.755. The van der Waals surface area contributed by atoms with Crippen LogP contribution in [0.1, 0.15) is 30.1 Å². The van der Waals surface area contributed by atoms with Crippen LogP contribution in [0.2, 0.25) is 0 Å². The first-order chi connectivity index (χ1) is 8.65. The minimum absolute atomic E-state index is 0.0396. The Morgan fingerprint density at radius 2 is 1.83 bits per heavy atom. The van der Waals surface area contributed by atoms with Gasteiger partial charge in [-0.2, -0.15) is 0 Å². The average Bonchev–Trinajstić information content (AvgIpc) is 2.42. The summed E-state index contributed by atoms with van der Waals surface area (Å²) in [6.45, 7) is 2.50. The van der Waals surface area contributed by atoms with Gasteiger partial charge in [0.05, 0.1) is 14.2 Å². The molecule has 2 N–H and O–H groups in total. The highest BCUT2D eigenvalue weighted by Gasteiger charge is 2.22. The second-order valence-electron chi connectivity index (χ2n) is 4.23. The molecule has 0 aliphatic rings. The Morgan fingerprint density at radius 1 is 1.28 bits per heavy atom. The molecule has 0 heterocycles. The van der Waals surface area contributed by atoms with Gasteiger partial charge in [-0.1, -0.05) is 13.0 Å². The van der Waals surface area contributed by atoms with Crippen LogP contribution in [-0.2, 0) is 0 Å². The third-order valence-corrected chi connectivity index (χ3v) is 2.96. The van der Waals surface area contributed by atoms with Gasteiger partial charge in [0.2, 0.25) is 0 Å². The molecule has 0 saturated carbocycles. The maximum absolute atomic E-state index is 12.4. The van der Waals surface area contributed by atoms with E-state index in [0.717, 1.165) is 12.8 Å². The molecule has 4 heteroatoms. The van der Waals surface area contributed by atoms with Crippen molar-refractivity contribution in [3.05, 3.63) is 23.8 Å². The largest absolute Gasteiger partial charge is 0.496 e. The van der Waals surface area contributed by atoms with E-state index in [1.165, 1.54) is 0 Å². The topological polar surface area (TPSA) is 61.5 Å². The van der Waals surface area contributed by atoms with Crippen LogP contribution < -0.4 is 15.2 Å². The minimum Gasteiger partial charge on any atom is -0.496 e. The fraction of sp³-hybridized carbons (Fsp3) is 0.500. The summed E-state index contributed by atoms with van der Waals surface area (Å²) in [5.41, 5.74) is 5.99. The maximum Gasteiger partial charge on any atom is 0.173 e.